The maximum atomic E-state index is 3.88. The van der Waals surface area contributed by atoms with E-state index in [0.29, 0.717) is 0 Å². The van der Waals surface area contributed by atoms with Gasteiger partial charge in [-0.15, -0.1) is 0 Å². The van der Waals surface area contributed by atoms with Gasteiger partial charge in [0.2, 0.25) is 0 Å². The van der Waals surface area contributed by atoms with E-state index in [1.807, 2.05) is 13.8 Å². The van der Waals surface area contributed by atoms with Crippen molar-refractivity contribution in [3.05, 3.63) is 151 Å². The predicted molar refractivity (Wildman–Crippen MR) is 205 cm³/mol. The summed E-state index contributed by atoms with van der Waals surface area (Å²) in [7, 11) is 0. The lowest BCUT2D eigenvalue weighted by Gasteiger charge is -2.35. The summed E-state index contributed by atoms with van der Waals surface area (Å²) in [6.45, 7) is 22.5. The first-order valence-electron chi connectivity index (χ1n) is 16.7. The number of benzene rings is 5. The van der Waals surface area contributed by atoms with Gasteiger partial charge in [-0.1, -0.05) is 162 Å². The quantitative estimate of drug-likeness (QED) is 0.166. The van der Waals surface area contributed by atoms with Crippen LogP contribution in [-0.2, 0) is 21.7 Å². The molecular weight excluding hydrogens is 688 g/mol. The monoisotopic (exact) mass is 732 g/mol. The van der Waals surface area contributed by atoms with Crippen molar-refractivity contribution in [2.75, 3.05) is 0 Å². The molecule has 0 nitrogen and oxygen atoms in total. The lowest BCUT2D eigenvalue weighted by molar-refractivity contribution is 0.588. The van der Waals surface area contributed by atoms with Crippen molar-refractivity contribution in [3.8, 4) is 22.3 Å². The molecule has 0 aliphatic heterocycles. The summed E-state index contributed by atoms with van der Waals surface area (Å²) in [6, 6.07) is 37.7. The van der Waals surface area contributed by atoms with Crippen LogP contribution >= 0.6 is 31.9 Å². The Balaban J connectivity index is 0.00000182. The zero-order valence-corrected chi connectivity index (χ0v) is 32.2. The van der Waals surface area contributed by atoms with Gasteiger partial charge in [0.25, 0.3) is 0 Å². The molecule has 2 aliphatic rings. The summed E-state index contributed by atoms with van der Waals surface area (Å²) >= 11 is 7.63. The standard InChI is InChI=1S/C42H40Br2.C2H6/c1-39(2,3)25-9-13-27(14-10-25)42(28-15-11-26(12-16-28)40(4,5)6)37-22-30(44)18-20-32(37)34-23-36-33(24-38(34)42)31-19-17-29(43)21-35(31)41(36,7)8;1-2/h9-24H,1-8H3;1-2H3. The number of fused-ring (bicyclic) bond motifs is 6. The minimum atomic E-state index is -0.460. The Morgan fingerprint density at radius 3 is 1.24 bits per heavy atom. The van der Waals surface area contributed by atoms with Gasteiger partial charge in [-0.3, -0.25) is 0 Å². The second kappa shape index (κ2) is 11.3. The van der Waals surface area contributed by atoms with Crippen molar-refractivity contribution >= 4 is 31.9 Å². The SMILES string of the molecule is CC.CC(C)(C)c1ccc(C2(c3ccc(C(C)(C)C)cc3)c3cc(Br)ccc3-c3cc4c(cc32)-c2ccc(Br)cc2C4(C)C)cc1. The summed E-state index contributed by atoms with van der Waals surface area (Å²) in [5, 5.41) is 0. The van der Waals surface area contributed by atoms with Crippen LogP contribution in [0.3, 0.4) is 0 Å². The molecule has 0 aromatic heterocycles. The molecule has 0 amide bonds. The molecule has 0 saturated carbocycles. The highest BCUT2D eigenvalue weighted by Crippen LogP contribution is 2.60. The Morgan fingerprint density at radius 2 is 0.783 bits per heavy atom. The molecule has 5 aromatic carbocycles. The zero-order valence-electron chi connectivity index (χ0n) is 29.0. The molecule has 0 spiro atoms. The van der Waals surface area contributed by atoms with Crippen LogP contribution in [0.2, 0.25) is 0 Å². The Bertz CT molecular complexity index is 1890. The smallest absolute Gasteiger partial charge is 0.0683 e. The first-order chi connectivity index (χ1) is 21.6. The van der Waals surface area contributed by atoms with Crippen LogP contribution in [0.1, 0.15) is 114 Å². The second-order valence-electron chi connectivity index (χ2n) is 15.4. The van der Waals surface area contributed by atoms with Crippen LogP contribution in [0, 0.1) is 0 Å². The van der Waals surface area contributed by atoms with E-state index >= 15 is 0 Å². The molecule has 236 valence electrons. The van der Waals surface area contributed by atoms with Gasteiger partial charge in [-0.05, 0) is 114 Å². The predicted octanol–water partition coefficient (Wildman–Crippen LogP) is 13.5. The molecule has 0 unspecified atom stereocenters. The summed E-state index contributed by atoms with van der Waals surface area (Å²) in [4.78, 5) is 0. The topological polar surface area (TPSA) is 0 Å². The lowest BCUT2D eigenvalue weighted by atomic mass is 9.66. The van der Waals surface area contributed by atoms with E-state index in [2.05, 4.69) is 184 Å². The molecule has 0 saturated heterocycles. The van der Waals surface area contributed by atoms with Crippen LogP contribution in [-0.4, -0.2) is 0 Å². The Labute approximate surface area is 293 Å². The van der Waals surface area contributed by atoms with Crippen molar-refractivity contribution in [2.24, 2.45) is 0 Å². The number of rotatable bonds is 2. The van der Waals surface area contributed by atoms with Crippen LogP contribution in [0.15, 0.2) is 106 Å². The van der Waals surface area contributed by atoms with Gasteiger partial charge in [-0.25, -0.2) is 0 Å². The number of hydrogen-bond acceptors (Lipinski definition) is 0. The second-order valence-corrected chi connectivity index (χ2v) is 17.2. The van der Waals surface area contributed by atoms with E-state index in [4.69, 9.17) is 0 Å². The van der Waals surface area contributed by atoms with Gasteiger partial charge in [0.15, 0.2) is 0 Å². The summed E-state index contributed by atoms with van der Waals surface area (Å²) in [5.74, 6) is 0. The van der Waals surface area contributed by atoms with Crippen molar-refractivity contribution in [2.45, 2.75) is 90.9 Å². The maximum Gasteiger partial charge on any atom is 0.0714 e. The Morgan fingerprint density at radius 1 is 0.435 bits per heavy atom. The molecule has 5 aromatic rings. The van der Waals surface area contributed by atoms with Crippen LogP contribution in [0.25, 0.3) is 22.3 Å². The third-order valence-electron chi connectivity index (χ3n) is 10.2. The average Bonchev–Trinajstić information content (AvgIpc) is 3.41. The zero-order chi connectivity index (χ0) is 33.4. The minimum Gasteiger partial charge on any atom is -0.0683 e. The molecule has 0 heterocycles. The maximum absolute atomic E-state index is 3.88. The van der Waals surface area contributed by atoms with Gasteiger partial charge in [0, 0.05) is 14.4 Å². The minimum absolute atomic E-state index is 0.0823. The summed E-state index contributed by atoms with van der Waals surface area (Å²) in [5.41, 5.74) is 15.8. The summed E-state index contributed by atoms with van der Waals surface area (Å²) < 4.78 is 2.24. The van der Waals surface area contributed by atoms with Gasteiger partial charge in [-0.2, -0.15) is 0 Å². The van der Waals surface area contributed by atoms with Gasteiger partial charge in [0.05, 0.1) is 5.41 Å². The molecule has 0 bridgehead atoms. The molecule has 7 rings (SSSR count). The largest absolute Gasteiger partial charge is 0.0714 e. The van der Waals surface area contributed by atoms with Gasteiger partial charge < -0.3 is 0 Å². The van der Waals surface area contributed by atoms with E-state index < -0.39 is 5.41 Å². The average molecular weight is 735 g/mol. The van der Waals surface area contributed by atoms with Crippen molar-refractivity contribution in [1.29, 1.82) is 0 Å². The first kappa shape index (κ1) is 33.0. The Hall–Kier alpha value is -2.94. The highest BCUT2D eigenvalue weighted by molar-refractivity contribution is 9.10. The highest BCUT2D eigenvalue weighted by atomic mass is 79.9. The third kappa shape index (κ3) is 4.98. The molecule has 2 heteroatoms. The van der Waals surface area contributed by atoms with Crippen LogP contribution in [0.5, 0.6) is 0 Å². The lowest BCUT2D eigenvalue weighted by Crippen LogP contribution is -2.29. The fraction of sp³-hybridized carbons (Fsp3) is 0.318. The third-order valence-corrected chi connectivity index (χ3v) is 11.2. The molecule has 0 fully saturated rings. The molecular formula is C44H46Br2. The van der Waals surface area contributed by atoms with E-state index in [0.717, 1.165) is 8.95 Å². The molecule has 0 radical (unpaired) electrons. The van der Waals surface area contributed by atoms with E-state index in [-0.39, 0.29) is 16.2 Å². The highest BCUT2D eigenvalue weighted by Gasteiger charge is 2.48. The fourth-order valence-electron chi connectivity index (χ4n) is 7.72. The fourth-order valence-corrected chi connectivity index (χ4v) is 8.44. The van der Waals surface area contributed by atoms with E-state index in [1.54, 1.807) is 0 Å². The van der Waals surface area contributed by atoms with Crippen molar-refractivity contribution in [3.63, 3.8) is 0 Å². The molecule has 0 atom stereocenters. The molecule has 2 aliphatic carbocycles. The normalized spacial score (nSPS) is 15.3. The van der Waals surface area contributed by atoms with Crippen molar-refractivity contribution in [1.82, 2.24) is 0 Å². The number of halogens is 2. The van der Waals surface area contributed by atoms with Gasteiger partial charge in [0.1, 0.15) is 0 Å². The van der Waals surface area contributed by atoms with Crippen molar-refractivity contribution < 1.29 is 0 Å². The summed E-state index contributed by atoms with van der Waals surface area (Å²) in [6.07, 6.45) is 0. The molecule has 46 heavy (non-hydrogen) atoms. The Kier molecular flexibility index (Phi) is 8.13. The first-order valence-corrected chi connectivity index (χ1v) is 18.2. The van der Waals surface area contributed by atoms with Crippen LogP contribution in [0.4, 0.5) is 0 Å². The van der Waals surface area contributed by atoms with E-state index in [1.165, 1.54) is 66.8 Å². The van der Waals surface area contributed by atoms with Crippen LogP contribution < -0.4 is 0 Å². The van der Waals surface area contributed by atoms with Gasteiger partial charge >= 0.3 is 0 Å². The van der Waals surface area contributed by atoms with E-state index in [9.17, 15) is 0 Å². The number of hydrogen-bond donors (Lipinski definition) is 0. The molecule has 0 N–H and O–H groups in total.